The lowest BCUT2D eigenvalue weighted by molar-refractivity contribution is 1.04. The number of fused-ring (bicyclic) bond motifs is 1. The summed E-state index contributed by atoms with van der Waals surface area (Å²) in [6, 6.07) is 42.1. The highest BCUT2D eigenvalue weighted by Crippen LogP contribution is 2.36. The molecule has 42 heavy (non-hydrogen) atoms. The van der Waals surface area contributed by atoms with Crippen molar-refractivity contribution in [3.63, 3.8) is 0 Å². The second kappa shape index (κ2) is 11.7. The third kappa shape index (κ3) is 5.40. The van der Waals surface area contributed by atoms with E-state index in [2.05, 4.69) is 43.5 Å². The van der Waals surface area contributed by atoms with Gasteiger partial charge in [0.25, 0.3) is 0 Å². The largest absolute Gasteiger partial charge is 0.208 e. The van der Waals surface area contributed by atoms with Crippen LogP contribution in [0.5, 0.6) is 0 Å². The van der Waals surface area contributed by atoms with Gasteiger partial charge in [-0.25, -0.2) is 15.0 Å². The van der Waals surface area contributed by atoms with Crippen molar-refractivity contribution >= 4 is 21.9 Å². The minimum atomic E-state index is 0.497. The van der Waals surface area contributed by atoms with Gasteiger partial charge in [-0.1, -0.05) is 135 Å². The van der Waals surface area contributed by atoms with Crippen molar-refractivity contribution in [2.75, 3.05) is 0 Å². The summed E-state index contributed by atoms with van der Waals surface area (Å²) in [6.45, 7) is 8.77. The molecule has 0 atom stereocenters. The molecular weight excluding hydrogens is 512 g/mol. The van der Waals surface area contributed by atoms with E-state index in [4.69, 9.17) is 15.0 Å². The predicted octanol–water partition coefficient (Wildman–Crippen LogP) is 9.18. The molecule has 0 bridgehead atoms. The molecule has 6 aromatic rings. The molecule has 0 radical (unpaired) electrons. The molecule has 0 fully saturated rings. The average molecular weight is 539 g/mol. The van der Waals surface area contributed by atoms with Gasteiger partial charge in [-0.3, -0.25) is 0 Å². The molecule has 1 heterocycles. The molecule has 198 valence electrons. The highest BCUT2D eigenvalue weighted by molar-refractivity contribution is 6.02. The fourth-order valence-electron chi connectivity index (χ4n) is 4.89. The van der Waals surface area contributed by atoms with Gasteiger partial charge < -0.3 is 0 Å². The van der Waals surface area contributed by atoms with Crippen molar-refractivity contribution in [3.8, 4) is 40.0 Å². The maximum atomic E-state index is 9.27. The Morgan fingerprint density at radius 1 is 0.571 bits per heavy atom. The fraction of sp³-hybridized carbons (Fsp3) is 0. The molecule has 0 aliphatic carbocycles. The van der Waals surface area contributed by atoms with Crippen molar-refractivity contribution in [1.82, 2.24) is 15.0 Å². The quantitative estimate of drug-likeness (QED) is 0.190. The lowest BCUT2D eigenvalue weighted by Crippen LogP contribution is -2.01. The molecule has 0 saturated heterocycles. The van der Waals surface area contributed by atoms with Crippen LogP contribution in [0.15, 0.2) is 147 Å². The first kappa shape index (κ1) is 26.3. The zero-order valence-corrected chi connectivity index (χ0v) is 22.9. The van der Waals surface area contributed by atoms with Crippen LogP contribution in [0.2, 0.25) is 0 Å². The van der Waals surface area contributed by atoms with Crippen LogP contribution in [0.3, 0.4) is 0 Å². The molecule has 4 heteroatoms. The Morgan fingerprint density at radius 2 is 1.14 bits per heavy atom. The van der Waals surface area contributed by atoms with Crippen LogP contribution >= 0.6 is 0 Å². The predicted molar refractivity (Wildman–Crippen MR) is 172 cm³/mol. The first-order valence-electron chi connectivity index (χ1n) is 13.6. The molecule has 0 spiro atoms. The van der Waals surface area contributed by atoms with Gasteiger partial charge in [0, 0.05) is 16.7 Å². The second-order valence-corrected chi connectivity index (χ2v) is 9.82. The lowest BCUT2D eigenvalue weighted by Gasteiger charge is -2.14. The van der Waals surface area contributed by atoms with Crippen LogP contribution in [0, 0.1) is 11.3 Å². The highest BCUT2D eigenvalue weighted by atomic mass is 15.0. The maximum Gasteiger partial charge on any atom is 0.164 e. The van der Waals surface area contributed by atoms with E-state index in [1.807, 2.05) is 109 Å². The Balaban J connectivity index is 1.40. The maximum absolute atomic E-state index is 9.27. The third-order valence-electron chi connectivity index (χ3n) is 7.05. The third-order valence-corrected chi connectivity index (χ3v) is 7.05. The van der Waals surface area contributed by atoms with E-state index in [-0.39, 0.29) is 0 Å². The summed E-state index contributed by atoms with van der Waals surface area (Å²) in [7, 11) is 0. The first-order valence-corrected chi connectivity index (χ1v) is 13.6. The van der Waals surface area contributed by atoms with Gasteiger partial charge >= 0.3 is 0 Å². The zero-order chi connectivity index (χ0) is 28.9. The summed E-state index contributed by atoms with van der Waals surface area (Å²) in [5.41, 5.74) is 6.98. The number of rotatable bonds is 7. The molecule has 0 aliphatic heterocycles. The number of nitriles is 1. The van der Waals surface area contributed by atoms with Crippen LogP contribution in [0.25, 0.3) is 55.8 Å². The van der Waals surface area contributed by atoms with E-state index in [9.17, 15) is 5.26 Å². The number of aromatic nitrogens is 3. The number of nitrogens with zero attached hydrogens (tertiary/aromatic N) is 4. The van der Waals surface area contributed by atoms with E-state index in [0.29, 0.717) is 28.6 Å². The Labute approximate surface area is 245 Å². The van der Waals surface area contributed by atoms with E-state index in [1.165, 1.54) is 0 Å². The molecular formula is C38H26N4. The van der Waals surface area contributed by atoms with Crippen molar-refractivity contribution in [2.24, 2.45) is 0 Å². The number of hydrogen-bond acceptors (Lipinski definition) is 4. The highest BCUT2D eigenvalue weighted by Gasteiger charge is 2.14. The minimum absolute atomic E-state index is 0.497. The smallest absolute Gasteiger partial charge is 0.164 e. The van der Waals surface area contributed by atoms with E-state index >= 15 is 0 Å². The zero-order valence-electron chi connectivity index (χ0n) is 22.9. The van der Waals surface area contributed by atoms with Crippen LogP contribution in [-0.4, -0.2) is 15.0 Å². The molecule has 0 amide bonds. The fourth-order valence-corrected chi connectivity index (χ4v) is 4.89. The molecule has 4 nitrogen and oxygen atoms in total. The normalized spacial score (nSPS) is 10.9. The van der Waals surface area contributed by atoms with Gasteiger partial charge in [-0.05, 0) is 45.2 Å². The van der Waals surface area contributed by atoms with Crippen molar-refractivity contribution < 1.29 is 0 Å². The topological polar surface area (TPSA) is 62.5 Å². The summed E-state index contributed by atoms with van der Waals surface area (Å²) < 4.78 is 0. The summed E-state index contributed by atoms with van der Waals surface area (Å²) >= 11 is 0. The summed E-state index contributed by atoms with van der Waals surface area (Å²) in [5.74, 6) is 1.67. The molecule has 5 aromatic carbocycles. The molecule has 1 aromatic heterocycles. The molecule has 0 unspecified atom stereocenters. The van der Waals surface area contributed by atoms with Gasteiger partial charge in [0.2, 0.25) is 0 Å². The Kier molecular flexibility index (Phi) is 7.31. The van der Waals surface area contributed by atoms with Gasteiger partial charge in [0.05, 0.1) is 11.6 Å². The Morgan fingerprint density at radius 3 is 1.76 bits per heavy atom. The standard InChI is InChI=1S/C38H26N4/c1-26(35-33-16-10-9-11-29(33)23-24-34(35)30-21-19-28(25-39)20-22-30)17-18-27(2)36-40-37(31-12-5-3-6-13-31)42-38(41-36)32-14-7-4-8-15-32/h3-24H,1-2H2/b18-17-. The van der Waals surface area contributed by atoms with Gasteiger partial charge in [0.15, 0.2) is 17.5 Å². The molecule has 0 N–H and O–H groups in total. The lowest BCUT2D eigenvalue weighted by atomic mass is 9.89. The molecule has 6 rings (SSSR count). The summed E-state index contributed by atoms with van der Waals surface area (Å²) in [4.78, 5) is 14.3. The molecule has 0 aliphatic rings. The van der Waals surface area contributed by atoms with Crippen molar-refractivity contribution in [2.45, 2.75) is 0 Å². The number of benzene rings is 5. The Hall–Kier alpha value is -5.92. The summed E-state index contributed by atoms with van der Waals surface area (Å²) in [5, 5.41) is 11.5. The van der Waals surface area contributed by atoms with Crippen molar-refractivity contribution in [1.29, 1.82) is 5.26 Å². The van der Waals surface area contributed by atoms with Gasteiger partial charge in [-0.2, -0.15) is 5.26 Å². The van der Waals surface area contributed by atoms with E-state index in [0.717, 1.165) is 44.2 Å². The Bertz CT molecular complexity index is 1940. The summed E-state index contributed by atoms with van der Waals surface area (Å²) in [6.07, 6.45) is 3.87. The SMILES string of the molecule is C=C(/C=C\C(=C)c1c(-c2ccc(C#N)cc2)ccc2ccccc12)c1nc(-c2ccccc2)nc(-c2ccccc2)n1. The van der Waals surface area contributed by atoms with E-state index < -0.39 is 0 Å². The first-order chi connectivity index (χ1) is 20.6. The number of hydrogen-bond donors (Lipinski definition) is 0. The number of allylic oxidation sites excluding steroid dienone is 4. The molecule has 0 saturated carbocycles. The van der Waals surface area contributed by atoms with Gasteiger partial charge in [0.1, 0.15) is 0 Å². The van der Waals surface area contributed by atoms with Crippen LogP contribution in [0.4, 0.5) is 0 Å². The average Bonchev–Trinajstić information content (AvgIpc) is 3.07. The van der Waals surface area contributed by atoms with Crippen LogP contribution < -0.4 is 0 Å². The van der Waals surface area contributed by atoms with Crippen molar-refractivity contribution in [3.05, 3.63) is 164 Å². The van der Waals surface area contributed by atoms with Crippen LogP contribution in [0.1, 0.15) is 17.0 Å². The van der Waals surface area contributed by atoms with Gasteiger partial charge in [-0.15, -0.1) is 0 Å². The second-order valence-electron chi connectivity index (χ2n) is 9.82. The monoisotopic (exact) mass is 538 g/mol. The van der Waals surface area contributed by atoms with Crippen LogP contribution in [-0.2, 0) is 0 Å². The minimum Gasteiger partial charge on any atom is -0.208 e. The van der Waals surface area contributed by atoms with E-state index in [1.54, 1.807) is 0 Å².